The van der Waals surface area contributed by atoms with E-state index in [1.165, 1.54) is 6.07 Å². The molecular weight excluding hydrogens is 413 g/mol. The van der Waals surface area contributed by atoms with Crippen molar-refractivity contribution in [3.8, 4) is 0 Å². The van der Waals surface area contributed by atoms with Crippen LogP contribution in [-0.4, -0.2) is 29.6 Å². The van der Waals surface area contributed by atoms with Crippen molar-refractivity contribution in [3.63, 3.8) is 0 Å². The maximum atomic E-state index is 13.5. The fraction of sp³-hybridized carbons (Fsp3) is 0.538. The fourth-order valence-corrected chi connectivity index (χ4v) is 5.31. The number of rotatable bonds is 5. The van der Waals surface area contributed by atoms with Crippen LogP contribution in [0.2, 0.25) is 0 Å². The first kappa shape index (κ1) is 23.1. The molecule has 3 nitrogen and oxygen atoms in total. The Balaban J connectivity index is 1.68. The Morgan fingerprint density at radius 3 is 2.31 bits per heavy atom. The van der Waals surface area contributed by atoms with Gasteiger partial charge in [0, 0.05) is 35.8 Å². The van der Waals surface area contributed by atoms with Gasteiger partial charge in [-0.3, -0.25) is 4.90 Å². The Morgan fingerprint density at radius 2 is 1.69 bits per heavy atom. The summed E-state index contributed by atoms with van der Waals surface area (Å²) in [7, 11) is 0. The molecule has 0 unspecified atom stereocenters. The molecule has 0 bridgehead atoms. The zero-order chi connectivity index (χ0) is 23.0. The van der Waals surface area contributed by atoms with Gasteiger partial charge in [-0.2, -0.15) is 13.2 Å². The van der Waals surface area contributed by atoms with Gasteiger partial charge in [-0.1, -0.05) is 30.3 Å². The van der Waals surface area contributed by atoms with Crippen molar-refractivity contribution in [2.45, 2.75) is 77.0 Å². The summed E-state index contributed by atoms with van der Waals surface area (Å²) in [6.07, 6.45) is -2.93. The zero-order valence-corrected chi connectivity index (χ0v) is 19.2. The van der Waals surface area contributed by atoms with Crippen LogP contribution in [0.15, 0.2) is 48.5 Å². The molecule has 2 aromatic carbocycles. The number of benzene rings is 2. The Bertz CT molecular complexity index is 905. The van der Waals surface area contributed by atoms with Crippen LogP contribution in [0.1, 0.15) is 69.4 Å². The standard InChI is InChI=1S/C26H33F3N2O/c1-16(2)31(17(3)4)15-20-11-12-21-24(18-8-6-5-7-9-18)30-23-13-10-19(26(27,28)29)14-22(23)25(21)32-20/h5-10,13-14,16-17,20-21,24-25,30H,11-12,15H2,1-4H3/t20-,21+,24+,25+/m1/s1. The van der Waals surface area contributed by atoms with Gasteiger partial charge in [-0.25, -0.2) is 0 Å². The number of alkyl halides is 3. The van der Waals surface area contributed by atoms with Gasteiger partial charge in [0.1, 0.15) is 0 Å². The summed E-state index contributed by atoms with van der Waals surface area (Å²) in [6, 6.07) is 14.9. The maximum Gasteiger partial charge on any atom is 0.416 e. The monoisotopic (exact) mass is 446 g/mol. The second kappa shape index (κ2) is 9.06. The highest BCUT2D eigenvalue weighted by Crippen LogP contribution is 2.51. The smallest absolute Gasteiger partial charge is 0.378 e. The van der Waals surface area contributed by atoms with Crippen molar-refractivity contribution in [1.82, 2.24) is 4.90 Å². The molecule has 4 rings (SSSR count). The molecule has 4 atom stereocenters. The van der Waals surface area contributed by atoms with Crippen LogP contribution in [0.5, 0.6) is 0 Å². The van der Waals surface area contributed by atoms with Gasteiger partial charge in [-0.05, 0) is 64.3 Å². The van der Waals surface area contributed by atoms with Gasteiger partial charge < -0.3 is 10.1 Å². The third-order valence-corrected chi connectivity index (χ3v) is 6.87. The average molecular weight is 447 g/mol. The highest BCUT2D eigenvalue weighted by Gasteiger charge is 2.44. The van der Waals surface area contributed by atoms with Crippen LogP contribution < -0.4 is 5.32 Å². The van der Waals surface area contributed by atoms with E-state index in [-0.39, 0.29) is 24.2 Å². The molecule has 0 radical (unpaired) electrons. The number of nitrogens with one attached hydrogen (secondary N) is 1. The number of hydrogen-bond acceptors (Lipinski definition) is 3. The average Bonchev–Trinajstić information content (AvgIpc) is 2.76. The van der Waals surface area contributed by atoms with E-state index in [4.69, 9.17) is 4.74 Å². The lowest BCUT2D eigenvalue weighted by molar-refractivity contribution is -0.138. The van der Waals surface area contributed by atoms with Crippen LogP contribution in [0, 0.1) is 5.92 Å². The van der Waals surface area contributed by atoms with E-state index in [1.807, 2.05) is 18.2 Å². The summed E-state index contributed by atoms with van der Waals surface area (Å²) in [5.74, 6) is 0.0798. The summed E-state index contributed by atoms with van der Waals surface area (Å²) in [5.41, 5.74) is 1.88. The van der Waals surface area contributed by atoms with Gasteiger partial charge in [0.25, 0.3) is 0 Å². The van der Waals surface area contributed by atoms with E-state index in [0.29, 0.717) is 17.6 Å². The van der Waals surface area contributed by atoms with E-state index in [0.717, 1.165) is 36.7 Å². The van der Waals surface area contributed by atoms with Crippen molar-refractivity contribution in [2.75, 3.05) is 11.9 Å². The molecule has 0 aromatic heterocycles. The van der Waals surface area contributed by atoms with Gasteiger partial charge in [0.05, 0.1) is 23.8 Å². The summed E-state index contributed by atoms with van der Waals surface area (Å²) >= 11 is 0. The number of hydrogen-bond donors (Lipinski definition) is 1. The Hall–Kier alpha value is -2.05. The lowest BCUT2D eigenvalue weighted by Crippen LogP contribution is -2.46. The molecule has 2 aromatic rings. The quantitative estimate of drug-likeness (QED) is 0.545. The fourth-order valence-electron chi connectivity index (χ4n) is 5.31. The minimum absolute atomic E-state index is 0.00188. The molecule has 1 saturated heterocycles. The van der Waals surface area contributed by atoms with Crippen molar-refractivity contribution in [2.24, 2.45) is 5.92 Å². The Labute approximate surface area is 189 Å². The molecule has 174 valence electrons. The Kier molecular flexibility index (Phi) is 6.55. The van der Waals surface area contributed by atoms with E-state index in [2.05, 4.69) is 50.0 Å². The highest BCUT2D eigenvalue weighted by molar-refractivity contribution is 5.58. The van der Waals surface area contributed by atoms with Crippen molar-refractivity contribution >= 4 is 5.69 Å². The minimum atomic E-state index is -4.37. The van der Waals surface area contributed by atoms with E-state index < -0.39 is 11.7 Å². The third-order valence-electron chi connectivity index (χ3n) is 6.87. The molecule has 2 aliphatic heterocycles. The lowest BCUT2D eigenvalue weighted by atomic mass is 9.76. The molecule has 0 spiro atoms. The van der Waals surface area contributed by atoms with E-state index >= 15 is 0 Å². The lowest BCUT2D eigenvalue weighted by Gasteiger charge is -2.47. The number of fused-ring (bicyclic) bond motifs is 3. The van der Waals surface area contributed by atoms with Crippen LogP contribution in [-0.2, 0) is 10.9 Å². The van der Waals surface area contributed by atoms with E-state index in [9.17, 15) is 13.2 Å². The summed E-state index contributed by atoms with van der Waals surface area (Å²) < 4.78 is 47.1. The summed E-state index contributed by atoms with van der Waals surface area (Å²) in [4.78, 5) is 2.40. The van der Waals surface area contributed by atoms with Crippen molar-refractivity contribution < 1.29 is 17.9 Å². The summed E-state index contributed by atoms with van der Waals surface area (Å²) in [5, 5.41) is 3.53. The molecule has 6 heteroatoms. The molecule has 2 aliphatic rings. The molecule has 1 fully saturated rings. The topological polar surface area (TPSA) is 24.5 Å². The zero-order valence-electron chi connectivity index (χ0n) is 19.2. The minimum Gasteiger partial charge on any atom is -0.378 e. The molecule has 0 amide bonds. The van der Waals surface area contributed by atoms with Crippen molar-refractivity contribution in [3.05, 3.63) is 65.2 Å². The van der Waals surface area contributed by atoms with Gasteiger partial charge in [0.2, 0.25) is 0 Å². The van der Waals surface area contributed by atoms with Crippen LogP contribution in [0.3, 0.4) is 0 Å². The largest absolute Gasteiger partial charge is 0.416 e. The SMILES string of the molecule is CC(C)N(C[C@H]1CC[C@@H]2[C@H](O1)c1cc(C(F)(F)F)ccc1N[C@H]2c1ccccc1)C(C)C. The first-order valence-electron chi connectivity index (χ1n) is 11.6. The second-order valence-corrected chi connectivity index (χ2v) is 9.64. The second-order valence-electron chi connectivity index (χ2n) is 9.64. The van der Waals surface area contributed by atoms with Crippen molar-refractivity contribution in [1.29, 1.82) is 0 Å². The molecular formula is C26H33F3N2O. The van der Waals surface area contributed by atoms with Crippen LogP contribution in [0.4, 0.5) is 18.9 Å². The first-order valence-corrected chi connectivity index (χ1v) is 11.6. The van der Waals surface area contributed by atoms with Gasteiger partial charge >= 0.3 is 6.18 Å². The van der Waals surface area contributed by atoms with Gasteiger partial charge in [0.15, 0.2) is 0 Å². The predicted octanol–water partition coefficient (Wildman–Crippen LogP) is 6.83. The number of anilines is 1. The van der Waals surface area contributed by atoms with Crippen LogP contribution in [0.25, 0.3) is 0 Å². The first-order chi connectivity index (χ1) is 15.1. The maximum absolute atomic E-state index is 13.5. The summed E-state index contributed by atoms with van der Waals surface area (Å²) in [6.45, 7) is 9.48. The number of ether oxygens (including phenoxy) is 1. The molecule has 0 aliphatic carbocycles. The predicted molar refractivity (Wildman–Crippen MR) is 122 cm³/mol. The molecule has 1 N–H and O–H groups in total. The normalized spacial score (nSPS) is 25.6. The van der Waals surface area contributed by atoms with Crippen LogP contribution >= 0.6 is 0 Å². The number of halogens is 3. The highest BCUT2D eigenvalue weighted by atomic mass is 19.4. The molecule has 2 heterocycles. The Morgan fingerprint density at radius 1 is 1.00 bits per heavy atom. The molecule has 0 saturated carbocycles. The van der Waals surface area contributed by atoms with E-state index in [1.54, 1.807) is 6.07 Å². The molecule has 32 heavy (non-hydrogen) atoms. The third kappa shape index (κ3) is 4.67. The van der Waals surface area contributed by atoms with Gasteiger partial charge in [-0.15, -0.1) is 0 Å². The number of nitrogens with zero attached hydrogens (tertiary/aromatic N) is 1.